The van der Waals surface area contributed by atoms with Crippen LogP contribution in [0.5, 0.6) is 5.75 Å². The topological polar surface area (TPSA) is 70.4 Å². The summed E-state index contributed by atoms with van der Waals surface area (Å²) in [5.74, 6) is 0.762. The molecular weight excluding hydrogens is 260 g/mol. The molecule has 1 aromatic heterocycles. The molecule has 0 radical (unpaired) electrons. The zero-order valence-electron chi connectivity index (χ0n) is 10.7. The van der Waals surface area contributed by atoms with Crippen molar-refractivity contribution in [3.8, 4) is 5.75 Å². The maximum absolute atomic E-state index is 8.25. The number of thiazole rings is 1. The maximum Gasteiger partial charge on any atom is 0.145 e. The number of hydrazone groups is 1. The molecule has 0 spiro atoms. The number of nitrogens with zero attached hydrogens (tertiary/aromatic N) is 2. The number of hydrogen-bond donors (Lipinski definition) is 2. The molecule has 0 aliphatic heterocycles. The van der Waals surface area contributed by atoms with Crippen molar-refractivity contribution in [1.82, 2.24) is 10.4 Å². The summed E-state index contributed by atoms with van der Waals surface area (Å²) in [5.41, 5.74) is 4.34. The third-order valence-electron chi connectivity index (χ3n) is 2.47. The van der Waals surface area contributed by atoms with Gasteiger partial charge < -0.3 is 10.2 Å². The monoisotopic (exact) mass is 274 g/mol. The van der Waals surface area contributed by atoms with Crippen LogP contribution in [0.25, 0.3) is 0 Å². The Kier molecular flexibility index (Phi) is 4.25. The summed E-state index contributed by atoms with van der Waals surface area (Å²) < 4.78 is 5.11. The molecule has 0 aliphatic rings. The molecule has 6 heteroatoms. The van der Waals surface area contributed by atoms with Gasteiger partial charge in [0.15, 0.2) is 0 Å². The molecule has 0 aliphatic carbocycles. The molecule has 2 rings (SSSR count). The quantitative estimate of drug-likeness (QED) is 0.648. The maximum atomic E-state index is 8.25. The van der Waals surface area contributed by atoms with Crippen LogP contribution in [0, 0.1) is 5.41 Å². The van der Waals surface area contributed by atoms with Gasteiger partial charge in [-0.2, -0.15) is 5.10 Å². The Morgan fingerprint density at radius 2 is 2.11 bits per heavy atom. The predicted octanol–water partition coefficient (Wildman–Crippen LogP) is 2.14. The van der Waals surface area contributed by atoms with Crippen LogP contribution in [0.1, 0.15) is 10.6 Å². The number of hydrogen-bond acceptors (Lipinski definition) is 6. The van der Waals surface area contributed by atoms with E-state index in [0.717, 1.165) is 16.3 Å². The van der Waals surface area contributed by atoms with Crippen molar-refractivity contribution >= 4 is 22.8 Å². The standard InChI is InChI=1S/C13H14N4OS/c1-15-17-12(13-16-7-8-19-13)11(14)9-3-5-10(18-2)6-4-9/h3-8,14-15H,1-2H3. The van der Waals surface area contributed by atoms with Gasteiger partial charge >= 0.3 is 0 Å². The lowest BCUT2D eigenvalue weighted by atomic mass is 10.1. The highest BCUT2D eigenvalue weighted by atomic mass is 32.1. The SMILES string of the molecule is CNN=C(C(=N)c1ccc(OC)cc1)c1nccs1. The summed E-state index contributed by atoms with van der Waals surface area (Å²) >= 11 is 1.45. The van der Waals surface area contributed by atoms with Gasteiger partial charge in [-0.05, 0) is 24.3 Å². The van der Waals surface area contributed by atoms with E-state index in [9.17, 15) is 0 Å². The van der Waals surface area contributed by atoms with Crippen molar-refractivity contribution in [1.29, 1.82) is 5.41 Å². The molecule has 0 unspecified atom stereocenters. The molecule has 1 heterocycles. The van der Waals surface area contributed by atoms with E-state index < -0.39 is 0 Å². The minimum absolute atomic E-state index is 0.326. The van der Waals surface area contributed by atoms with E-state index in [-0.39, 0.29) is 0 Å². The molecule has 2 N–H and O–H groups in total. The largest absolute Gasteiger partial charge is 0.497 e. The Hall–Kier alpha value is -2.21. The lowest BCUT2D eigenvalue weighted by molar-refractivity contribution is 0.415. The van der Waals surface area contributed by atoms with Crippen LogP contribution in [0.15, 0.2) is 40.9 Å². The normalized spacial score (nSPS) is 11.2. The molecule has 0 bridgehead atoms. The average molecular weight is 274 g/mol. The predicted molar refractivity (Wildman–Crippen MR) is 77.5 cm³/mol. The summed E-state index contributed by atoms with van der Waals surface area (Å²) in [4.78, 5) is 4.20. The van der Waals surface area contributed by atoms with Crippen molar-refractivity contribution < 1.29 is 4.74 Å². The Bertz CT molecular complexity index is 575. The minimum Gasteiger partial charge on any atom is -0.497 e. The number of aromatic nitrogens is 1. The van der Waals surface area contributed by atoms with Gasteiger partial charge in [-0.15, -0.1) is 11.3 Å². The number of benzene rings is 1. The first-order valence-corrected chi connectivity index (χ1v) is 6.52. The molecule has 0 fully saturated rings. The van der Waals surface area contributed by atoms with Crippen molar-refractivity contribution in [2.24, 2.45) is 5.10 Å². The van der Waals surface area contributed by atoms with Gasteiger partial charge in [0.2, 0.25) is 0 Å². The fraction of sp³-hybridized carbons (Fsp3) is 0.154. The third-order valence-corrected chi connectivity index (χ3v) is 3.25. The first kappa shape index (κ1) is 13.2. The third kappa shape index (κ3) is 2.97. The second kappa shape index (κ2) is 6.10. The summed E-state index contributed by atoms with van der Waals surface area (Å²) in [6, 6.07) is 7.31. The van der Waals surface area contributed by atoms with E-state index in [4.69, 9.17) is 10.1 Å². The number of rotatable bonds is 5. The van der Waals surface area contributed by atoms with Crippen LogP contribution in [0.4, 0.5) is 0 Å². The van der Waals surface area contributed by atoms with Crippen molar-refractivity contribution in [2.75, 3.05) is 14.2 Å². The van der Waals surface area contributed by atoms with E-state index in [1.54, 1.807) is 20.4 Å². The molecule has 0 amide bonds. The van der Waals surface area contributed by atoms with Gasteiger partial charge in [0, 0.05) is 24.2 Å². The Morgan fingerprint density at radius 3 is 2.63 bits per heavy atom. The molecule has 98 valence electrons. The van der Waals surface area contributed by atoms with Gasteiger partial charge in [0.1, 0.15) is 16.5 Å². The molecular formula is C13H14N4OS. The molecule has 0 saturated heterocycles. The summed E-state index contributed by atoms with van der Waals surface area (Å²) in [6.07, 6.45) is 1.70. The summed E-state index contributed by atoms with van der Waals surface area (Å²) in [6.45, 7) is 0. The summed E-state index contributed by atoms with van der Waals surface area (Å²) in [7, 11) is 3.32. The van der Waals surface area contributed by atoms with Gasteiger partial charge in [-0.3, -0.25) is 5.41 Å². The van der Waals surface area contributed by atoms with E-state index in [0.29, 0.717) is 11.4 Å². The van der Waals surface area contributed by atoms with Crippen molar-refractivity contribution in [3.05, 3.63) is 46.4 Å². The van der Waals surface area contributed by atoms with Crippen LogP contribution in [-0.2, 0) is 0 Å². The first-order chi connectivity index (χ1) is 9.26. The van der Waals surface area contributed by atoms with Crippen molar-refractivity contribution in [2.45, 2.75) is 0 Å². The zero-order valence-corrected chi connectivity index (χ0v) is 11.5. The highest BCUT2D eigenvalue weighted by molar-refractivity contribution is 7.12. The van der Waals surface area contributed by atoms with Gasteiger partial charge in [0.05, 0.1) is 12.8 Å². The summed E-state index contributed by atoms with van der Waals surface area (Å²) in [5, 5.41) is 15.0. The van der Waals surface area contributed by atoms with E-state index in [1.807, 2.05) is 29.6 Å². The van der Waals surface area contributed by atoms with Gasteiger partial charge in [-0.1, -0.05) is 0 Å². The fourth-order valence-electron chi connectivity index (χ4n) is 1.56. The van der Waals surface area contributed by atoms with Crippen LogP contribution in [0.2, 0.25) is 0 Å². The smallest absolute Gasteiger partial charge is 0.145 e. The lowest BCUT2D eigenvalue weighted by Gasteiger charge is -2.07. The lowest BCUT2D eigenvalue weighted by Crippen LogP contribution is -2.18. The Labute approximate surface area is 115 Å². The van der Waals surface area contributed by atoms with Crippen LogP contribution >= 0.6 is 11.3 Å². The van der Waals surface area contributed by atoms with Crippen molar-refractivity contribution in [3.63, 3.8) is 0 Å². The molecule has 0 saturated carbocycles. The highest BCUT2D eigenvalue weighted by Crippen LogP contribution is 2.15. The number of nitrogens with one attached hydrogen (secondary N) is 2. The number of methoxy groups -OCH3 is 1. The molecule has 2 aromatic rings. The molecule has 0 atom stereocenters. The molecule has 19 heavy (non-hydrogen) atoms. The number of ether oxygens (including phenoxy) is 1. The second-order valence-corrected chi connectivity index (χ2v) is 4.52. The van der Waals surface area contributed by atoms with E-state index >= 15 is 0 Å². The highest BCUT2D eigenvalue weighted by Gasteiger charge is 2.15. The van der Waals surface area contributed by atoms with Crippen LogP contribution in [-0.4, -0.2) is 30.6 Å². The van der Waals surface area contributed by atoms with E-state index in [2.05, 4.69) is 15.5 Å². The van der Waals surface area contributed by atoms with Gasteiger partial charge in [0.25, 0.3) is 0 Å². The van der Waals surface area contributed by atoms with Crippen LogP contribution in [0.3, 0.4) is 0 Å². The van der Waals surface area contributed by atoms with Crippen LogP contribution < -0.4 is 10.2 Å². The molecule has 5 nitrogen and oxygen atoms in total. The Morgan fingerprint density at radius 1 is 1.37 bits per heavy atom. The minimum atomic E-state index is 0.326. The molecule has 1 aromatic carbocycles. The average Bonchev–Trinajstić information content (AvgIpc) is 2.98. The Balaban J connectivity index is 2.32. The first-order valence-electron chi connectivity index (χ1n) is 5.64. The van der Waals surface area contributed by atoms with Gasteiger partial charge in [-0.25, -0.2) is 4.98 Å². The second-order valence-electron chi connectivity index (χ2n) is 3.62. The zero-order chi connectivity index (χ0) is 13.7. The van der Waals surface area contributed by atoms with E-state index in [1.165, 1.54) is 11.3 Å². The fourth-order valence-corrected chi connectivity index (χ4v) is 2.19.